The molecule has 0 saturated heterocycles. The first kappa shape index (κ1) is 46.1. The lowest BCUT2D eigenvalue weighted by atomic mass is 10.0. The normalized spacial score (nSPS) is 13.7. The number of nitrogens with one attached hydrogen (secondary N) is 1. The van der Waals surface area contributed by atoms with Gasteiger partial charge in [-0.15, -0.1) is 0 Å². The zero-order chi connectivity index (χ0) is 34.5. The first-order chi connectivity index (χ1) is 23.1. The number of rotatable bonds is 38. The molecule has 0 fully saturated rings. The van der Waals surface area contributed by atoms with E-state index in [4.69, 9.17) is 0 Å². The first-order valence-corrected chi connectivity index (χ1v) is 21.0. The molecule has 5 nitrogen and oxygen atoms in total. The summed E-state index contributed by atoms with van der Waals surface area (Å²) in [7, 11) is 0. The van der Waals surface area contributed by atoms with Crippen molar-refractivity contribution in [3.05, 3.63) is 12.2 Å². The van der Waals surface area contributed by atoms with E-state index >= 15 is 0 Å². The van der Waals surface area contributed by atoms with Gasteiger partial charge < -0.3 is 20.6 Å². The zero-order valence-corrected chi connectivity index (χ0v) is 31.7. The lowest BCUT2D eigenvalue weighted by Crippen LogP contribution is -2.48. The minimum absolute atomic E-state index is 0.360. The third-order valence-corrected chi connectivity index (χ3v) is 9.88. The molecule has 0 aliphatic heterocycles. The predicted octanol–water partition coefficient (Wildman–Crippen LogP) is 11.7. The fourth-order valence-corrected chi connectivity index (χ4v) is 6.54. The molecule has 0 aliphatic rings. The third kappa shape index (κ3) is 33.4. The predicted molar refractivity (Wildman–Crippen MR) is 204 cm³/mol. The van der Waals surface area contributed by atoms with E-state index in [1.54, 1.807) is 6.08 Å². The van der Waals surface area contributed by atoms with Gasteiger partial charge in [0, 0.05) is 0 Å². The van der Waals surface area contributed by atoms with Crippen LogP contribution in [0.4, 0.5) is 0 Å². The number of carbonyl (C=O) groups excluding carboxylic acids is 1. The summed E-state index contributed by atoms with van der Waals surface area (Å²) in [6.45, 7) is 4.17. The van der Waals surface area contributed by atoms with Crippen LogP contribution in [-0.4, -0.2) is 46.1 Å². The van der Waals surface area contributed by atoms with Crippen molar-refractivity contribution in [1.29, 1.82) is 0 Å². The van der Waals surface area contributed by atoms with Crippen LogP contribution in [0.1, 0.15) is 226 Å². The zero-order valence-electron chi connectivity index (χ0n) is 31.7. The van der Waals surface area contributed by atoms with Crippen LogP contribution in [0.5, 0.6) is 0 Å². The molecule has 4 N–H and O–H groups in total. The number of carbonyl (C=O) groups is 1. The van der Waals surface area contributed by atoms with Crippen molar-refractivity contribution in [2.24, 2.45) is 0 Å². The van der Waals surface area contributed by atoms with Crippen LogP contribution in [0, 0.1) is 0 Å². The molecular weight excluding hydrogens is 582 g/mol. The lowest BCUT2D eigenvalue weighted by Gasteiger charge is -2.21. The van der Waals surface area contributed by atoms with Gasteiger partial charge in [-0.3, -0.25) is 4.79 Å². The topological polar surface area (TPSA) is 89.8 Å². The second kappa shape index (κ2) is 37.9. The van der Waals surface area contributed by atoms with Gasteiger partial charge in [-0.05, 0) is 19.3 Å². The van der Waals surface area contributed by atoms with E-state index in [0.717, 1.165) is 32.1 Å². The van der Waals surface area contributed by atoms with E-state index < -0.39 is 24.2 Å². The minimum Gasteiger partial charge on any atom is -0.394 e. The van der Waals surface area contributed by atoms with E-state index in [1.165, 1.54) is 173 Å². The fourth-order valence-electron chi connectivity index (χ4n) is 6.54. The summed E-state index contributed by atoms with van der Waals surface area (Å²) in [5.41, 5.74) is 0. The molecule has 0 aromatic heterocycles. The van der Waals surface area contributed by atoms with E-state index in [2.05, 4.69) is 19.2 Å². The average Bonchev–Trinajstić information content (AvgIpc) is 3.07. The highest BCUT2D eigenvalue weighted by Crippen LogP contribution is 2.16. The molecule has 0 spiro atoms. The summed E-state index contributed by atoms with van der Waals surface area (Å²) in [6, 6.07) is -0.790. The molecule has 0 saturated carbocycles. The van der Waals surface area contributed by atoms with Gasteiger partial charge in [0.25, 0.3) is 0 Å². The van der Waals surface area contributed by atoms with Crippen molar-refractivity contribution in [2.75, 3.05) is 6.61 Å². The summed E-state index contributed by atoms with van der Waals surface area (Å²) in [4.78, 5) is 12.4. The molecule has 0 rings (SSSR count). The fraction of sp³-hybridized carbons (Fsp3) is 0.929. The minimum atomic E-state index is -1.09. The second-order valence-corrected chi connectivity index (χ2v) is 14.6. The third-order valence-electron chi connectivity index (χ3n) is 9.88. The highest BCUT2D eigenvalue weighted by atomic mass is 16.3. The maximum atomic E-state index is 12.4. The average molecular weight is 666 g/mol. The van der Waals surface area contributed by atoms with E-state index in [0.29, 0.717) is 6.42 Å². The highest BCUT2D eigenvalue weighted by Gasteiger charge is 2.22. The van der Waals surface area contributed by atoms with Crippen molar-refractivity contribution in [2.45, 2.75) is 244 Å². The molecule has 47 heavy (non-hydrogen) atoms. The van der Waals surface area contributed by atoms with Crippen molar-refractivity contribution < 1.29 is 20.1 Å². The first-order valence-electron chi connectivity index (χ1n) is 21.0. The number of hydrogen-bond acceptors (Lipinski definition) is 4. The molecule has 0 aromatic carbocycles. The van der Waals surface area contributed by atoms with Crippen LogP contribution in [0.15, 0.2) is 12.2 Å². The molecule has 0 aliphatic carbocycles. The van der Waals surface area contributed by atoms with Crippen molar-refractivity contribution in [1.82, 2.24) is 5.32 Å². The second-order valence-electron chi connectivity index (χ2n) is 14.6. The number of hydrogen-bond donors (Lipinski definition) is 4. The number of unbranched alkanes of at least 4 members (excludes halogenated alkanes) is 30. The molecule has 5 heteroatoms. The molecule has 3 unspecified atom stereocenters. The quantitative estimate of drug-likeness (QED) is 0.0390. The Hall–Kier alpha value is -0.910. The monoisotopic (exact) mass is 666 g/mol. The van der Waals surface area contributed by atoms with Gasteiger partial charge >= 0.3 is 0 Å². The summed E-state index contributed by atoms with van der Waals surface area (Å²) in [5, 5.41) is 33.0. The Labute approximate surface area is 293 Å². The van der Waals surface area contributed by atoms with E-state index in [9.17, 15) is 20.1 Å². The largest absolute Gasteiger partial charge is 0.394 e. The number of amides is 1. The smallest absolute Gasteiger partial charge is 0.249 e. The number of aliphatic hydroxyl groups excluding tert-OH is 3. The van der Waals surface area contributed by atoms with Crippen molar-refractivity contribution in [3.63, 3.8) is 0 Å². The maximum absolute atomic E-state index is 12.4. The van der Waals surface area contributed by atoms with Crippen LogP contribution in [0.3, 0.4) is 0 Å². The molecule has 0 aromatic rings. The Kier molecular flexibility index (Phi) is 37.2. The Morgan fingerprint density at radius 1 is 0.511 bits per heavy atom. The summed E-state index contributed by atoms with van der Waals surface area (Å²) >= 11 is 0. The van der Waals surface area contributed by atoms with Crippen molar-refractivity contribution >= 4 is 5.91 Å². The van der Waals surface area contributed by atoms with Gasteiger partial charge in [0.1, 0.15) is 6.10 Å². The van der Waals surface area contributed by atoms with Crippen LogP contribution in [-0.2, 0) is 4.79 Å². The van der Waals surface area contributed by atoms with Gasteiger partial charge in [-0.1, -0.05) is 219 Å². The molecule has 1 amide bonds. The molecular formula is C42H83NO4. The van der Waals surface area contributed by atoms with E-state index in [1.807, 2.05) is 6.08 Å². The molecule has 0 heterocycles. The Bertz CT molecular complexity index is 655. The summed E-state index contributed by atoms with van der Waals surface area (Å²) in [6.07, 6.45) is 43.9. The van der Waals surface area contributed by atoms with Gasteiger partial charge in [-0.25, -0.2) is 0 Å². The highest BCUT2D eigenvalue weighted by molar-refractivity contribution is 5.80. The SMILES string of the molecule is CCCCCCCCCC/C=C/C(O)C(CO)NC(=O)C(O)CCCCCCCCCCCCCCCCCCCCCCCCC. The number of aliphatic hydroxyl groups is 3. The number of allylic oxidation sites excluding steroid dienone is 1. The van der Waals surface area contributed by atoms with E-state index in [-0.39, 0.29) is 6.61 Å². The van der Waals surface area contributed by atoms with Crippen LogP contribution in [0.25, 0.3) is 0 Å². The Balaban J connectivity index is 3.57. The molecule has 0 radical (unpaired) electrons. The lowest BCUT2D eigenvalue weighted by molar-refractivity contribution is -0.131. The molecule has 3 atom stereocenters. The van der Waals surface area contributed by atoms with Gasteiger partial charge in [0.05, 0.1) is 18.8 Å². The van der Waals surface area contributed by atoms with Gasteiger partial charge in [0.15, 0.2) is 0 Å². The Morgan fingerprint density at radius 3 is 1.17 bits per heavy atom. The van der Waals surface area contributed by atoms with Crippen LogP contribution >= 0.6 is 0 Å². The summed E-state index contributed by atoms with van der Waals surface area (Å²) in [5.74, 6) is -0.502. The standard InChI is InChI=1S/C42H83NO4/c1-3-5-7-9-11-13-15-16-17-18-19-20-21-22-23-24-25-26-27-29-31-33-35-37-41(46)42(47)43-39(38-44)40(45)36-34-32-30-28-14-12-10-8-6-4-2/h34,36,39-41,44-46H,3-33,35,37-38H2,1-2H3,(H,43,47)/b36-34+. The molecule has 280 valence electrons. The van der Waals surface area contributed by atoms with Crippen molar-refractivity contribution in [3.8, 4) is 0 Å². The Morgan fingerprint density at radius 2 is 0.830 bits per heavy atom. The van der Waals surface area contributed by atoms with Crippen LogP contribution < -0.4 is 5.32 Å². The summed E-state index contributed by atoms with van der Waals surface area (Å²) < 4.78 is 0. The maximum Gasteiger partial charge on any atom is 0.249 e. The molecule has 0 bridgehead atoms. The van der Waals surface area contributed by atoms with Gasteiger partial charge in [-0.2, -0.15) is 0 Å². The van der Waals surface area contributed by atoms with Gasteiger partial charge in [0.2, 0.25) is 5.91 Å². The van der Waals surface area contributed by atoms with Crippen LogP contribution in [0.2, 0.25) is 0 Å².